The zero-order valence-electron chi connectivity index (χ0n) is 9.52. The monoisotopic (exact) mass is 289 g/mol. The predicted molar refractivity (Wildman–Crippen MR) is 69.7 cm³/mol. The fourth-order valence-electron chi connectivity index (χ4n) is 1.73. The number of pyridine rings is 1. The Hall–Kier alpha value is -1.29. The van der Waals surface area contributed by atoms with Gasteiger partial charge in [-0.25, -0.2) is 9.97 Å². The second kappa shape index (κ2) is 4.18. The molecule has 2 aromatic heterocycles. The third-order valence-corrected chi connectivity index (χ3v) is 3.27. The van der Waals surface area contributed by atoms with Crippen LogP contribution in [0.5, 0.6) is 0 Å². The van der Waals surface area contributed by atoms with E-state index in [1.807, 2.05) is 31.3 Å². The van der Waals surface area contributed by atoms with Crippen LogP contribution in [-0.2, 0) is 0 Å². The molecule has 3 rings (SSSR count). The number of hydrogen-bond acceptors (Lipinski definition) is 3. The summed E-state index contributed by atoms with van der Waals surface area (Å²) in [6.07, 6.45) is 4.28. The molecule has 0 aliphatic heterocycles. The van der Waals surface area contributed by atoms with Gasteiger partial charge in [-0.2, -0.15) is 0 Å². The molecule has 0 radical (unpaired) electrons. The Morgan fingerprint density at radius 2 is 2.06 bits per heavy atom. The molecule has 1 aliphatic carbocycles. The Labute approximate surface area is 108 Å². The lowest BCUT2D eigenvalue weighted by Crippen LogP contribution is -1.96. The summed E-state index contributed by atoms with van der Waals surface area (Å²) in [4.78, 5) is 13.3. The summed E-state index contributed by atoms with van der Waals surface area (Å²) >= 11 is 3.45. The van der Waals surface area contributed by atoms with Crippen LogP contribution in [0.1, 0.15) is 30.3 Å². The van der Waals surface area contributed by atoms with Crippen molar-refractivity contribution in [1.29, 1.82) is 0 Å². The fourth-order valence-corrected chi connectivity index (χ4v) is 2.13. The van der Waals surface area contributed by atoms with Crippen LogP contribution in [0.3, 0.4) is 0 Å². The summed E-state index contributed by atoms with van der Waals surface area (Å²) in [7, 11) is 0. The SMILES string of the molecule is Cc1ccc(-c2cc(Br)nc(C3CC3)n2)cn1. The van der Waals surface area contributed by atoms with Gasteiger partial charge in [-0.1, -0.05) is 0 Å². The van der Waals surface area contributed by atoms with Crippen molar-refractivity contribution in [2.24, 2.45) is 0 Å². The van der Waals surface area contributed by atoms with E-state index in [0.717, 1.165) is 27.4 Å². The van der Waals surface area contributed by atoms with Crippen LogP contribution in [-0.4, -0.2) is 15.0 Å². The highest BCUT2D eigenvalue weighted by Gasteiger charge is 2.27. The predicted octanol–water partition coefficient (Wildman–Crippen LogP) is 3.49. The summed E-state index contributed by atoms with van der Waals surface area (Å²) < 4.78 is 0.852. The third-order valence-electron chi connectivity index (χ3n) is 2.86. The first-order chi connectivity index (χ1) is 8.22. The Morgan fingerprint density at radius 3 is 2.71 bits per heavy atom. The topological polar surface area (TPSA) is 38.7 Å². The van der Waals surface area contributed by atoms with Crippen LogP contribution in [0.4, 0.5) is 0 Å². The summed E-state index contributed by atoms with van der Waals surface area (Å²) in [6.45, 7) is 1.98. The molecule has 86 valence electrons. The number of nitrogens with zero attached hydrogens (tertiary/aromatic N) is 3. The lowest BCUT2D eigenvalue weighted by atomic mass is 10.2. The van der Waals surface area contributed by atoms with Gasteiger partial charge in [0.2, 0.25) is 0 Å². The Morgan fingerprint density at radius 1 is 1.24 bits per heavy atom. The van der Waals surface area contributed by atoms with Gasteiger partial charge < -0.3 is 0 Å². The van der Waals surface area contributed by atoms with Crippen molar-refractivity contribution in [3.05, 3.63) is 40.5 Å². The average Bonchev–Trinajstić information content (AvgIpc) is 3.13. The van der Waals surface area contributed by atoms with Crippen LogP contribution in [0.2, 0.25) is 0 Å². The summed E-state index contributed by atoms with van der Waals surface area (Å²) in [5.41, 5.74) is 3.01. The number of halogens is 1. The van der Waals surface area contributed by atoms with Crippen LogP contribution in [0.15, 0.2) is 29.0 Å². The van der Waals surface area contributed by atoms with Gasteiger partial charge in [0, 0.05) is 23.4 Å². The van der Waals surface area contributed by atoms with E-state index >= 15 is 0 Å². The molecule has 3 nitrogen and oxygen atoms in total. The molecular formula is C13H12BrN3. The van der Waals surface area contributed by atoms with Crippen molar-refractivity contribution in [2.75, 3.05) is 0 Å². The molecule has 1 saturated carbocycles. The van der Waals surface area contributed by atoms with Gasteiger partial charge in [0.1, 0.15) is 10.4 Å². The molecule has 0 N–H and O–H groups in total. The van der Waals surface area contributed by atoms with E-state index in [1.54, 1.807) is 0 Å². The van der Waals surface area contributed by atoms with E-state index in [0.29, 0.717) is 5.92 Å². The number of rotatable bonds is 2. The quantitative estimate of drug-likeness (QED) is 0.795. The lowest BCUT2D eigenvalue weighted by Gasteiger charge is -2.04. The van der Waals surface area contributed by atoms with E-state index < -0.39 is 0 Å². The second-order valence-corrected chi connectivity index (χ2v) is 5.21. The van der Waals surface area contributed by atoms with Crippen LogP contribution < -0.4 is 0 Å². The lowest BCUT2D eigenvalue weighted by molar-refractivity contribution is 0.919. The highest BCUT2D eigenvalue weighted by atomic mass is 79.9. The van der Waals surface area contributed by atoms with Crippen molar-refractivity contribution in [3.63, 3.8) is 0 Å². The molecular weight excluding hydrogens is 278 g/mol. The highest BCUT2D eigenvalue weighted by Crippen LogP contribution is 2.39. The Balaban J connectivity index is 2.04. The van der Waals surface area contributed by atoms with Crippen molar-refractivity contribution in [3.8, 4) is 11.3 Å². The largest absolute Gasteiger partial charge is 0.261 e. The van der Waals surface area contributed by atoms with Gasteiger partial charge >= 0.3 is 0 Å². The van der Waals surface area contributed by atoms with E-state index in [9.17, 15) is 0 Å². The molecule has 17 heavy (non-hydrogen) atoms. The van der Waals surface area contributed by atoms with Crippen LogP contribution in [0.25, 0.3) is 11.3 Å². The molecule has 1 aliphatic rings. The number of aryl methyl sites for hydroxylation is 1. The van der Waals surface area contributed by atoms with Gasteiger partial charge in [-0.3, -0.25) is 4.98 Å². The molecule has 0 unspecified atom stereocenters. The zero-order valence-corrected chi connectivity index (χ0v) is 11.1. The van der Waals surface area contributed by atoms with Crippen LogP contribution >= 0.6 is 15.9 Å². The molecule has 0 saturated heterocycles. The number of hydrogen-bond donors (Lipinski definition) is 0. The molecule has 0 bridgehead atoms. The maximum Gasteiger partial charge on any atom is 0.133 e. The van der Waals surface area contributed by atoms with Gasteiger partial charge in [0.15, 0.2) is 0 Å². The summed E-state index contributed by atoms with van der Waals surface area (Å²) in [5, 5.41) is 0. The van der Waals surface area contributed by atoms with E-state index in [2.05, 4.69) is 30.9 Å². The normalized spacial score (nSPS) is 14.9. The molecule has 0 amide bonds. The summed E-state index contributed by atoms with van der Waals surface area (Å²) in [5.74, 6) is 1.51. The van der Waals surface area contributed by atoms with Gasteiger partial charge in [0.05, 0.1) is 5.69 Å². The Bertz CT molecular complexity index is 547. The molecule has 2 heterocycles. The van der Waals surface area contributed by atoms with Crippen LogP contribution in [0, 0.1) is 6.92 Å². The third kappa shape index (κ3) is 2.36. The minimum absolute atomic E-state index is 0.560. The van der Waals surface area contributed by atoms with E-state index in [1.165, 1.54) is 12.8 Å². The first kappa shape index (κ1) is 10.8. The maximum atomic E-state index is 4.61. The smallest absolute Gasteiger partial charge is 0.133 e. The van der Waals surface area contributed by atoms with Gasteiger partial charge in [-0.15, -0.1) is 0 Å². The highest BCUT2D eigenvalue weighted by molar-refractivity contribution is 9.10. The first-order valence-corrected chi connectivity index (χ1v) is 6.49. The van der Waals surface area contributed by atoms with Gasteiger partial charge in [-0.05, 0) is 53.9 Å². The average molecular weight is 290 g/mol. The van der Waals surface area contributed by atoms with E-state index in [-0.39, 0.29) is 0 Å². The molecule has 0 aromatic carbocycles. The Kier molecular flexibility index (Phi) is 2.67. The second-order valence-electron chi connectivity index (χ2n) is 4.40. The fraction of sp³-hybridized carbons (Fsp3) is 0.308. The molecule has 0 spiro atoms. The van der Waals surface area contributed by atoms with Crippen molar-refractivity contribution >= 4 is 15.9 Å². The standard InChI is InChI=1S/C13H12BrN3/c1-8-2-3-10(7-15-8)11-6-12(14)17-13(16-11)9-4-5-9/h2-3,6-7,9H,4-5H2,1H3. The van der Waals surface area contributed by atoms with Crippen molar-refractivity contribution < 1.29 is 0 Å². The van der Waals surface area contributed by atoms with Crippen molar-refractivity contribution in [1.82, 2.24) is 15.0 Å². The molecule has 1 fully saturated rings. The minimum atomic E-state index is 0.560. The number of aromatic nitrogens is 3. The first-order valence-electron chi connectivity index (χ1n) is 5.70. The molecule has 0 atom stereocenters. The minimum Gasteiger partial charge on any atom is -0.261 e. The maximum absolute atomic E-state index is 4.61. The van der Waals surface area contributed by atoms with Gasteiger partial charge in [0.25, 0.3) is 0 Å². The zero-order chi connectivity index (χ0) is 11.8. The molecule has 2 aromatic rings. The summed E-state index contributed by atoms with van der Waals surface area (Å²) in [6, 6.07) is 5.99. The molecule has 4 heteroatoms. The van der Waals surface area contributed by atoms with Crippen molar-refractivity contribution in [2.45, 2.75) is 25.7 Å². The van der Waals surface area contributed by atoms with E-state index in [4.69, 9.17) is 0 Å².